The Morgan fingerprint density at radius 1 is 0.541 bits per heavy atom. The number of amides is 1. The van der Waals surface area contributed by atoms with Gasteiger partial charge < -0.3 is 26.5 Å². The molecule has 7 rings (SSSR count). The van der Waals surface area contributed by atoms with Crippen molar-refractivity contribution >= 4 is 129 Å². The summed E-state index contributed by atoms with van der Waals surface area (Å²) in [7, 11) is -15.2. The van der Waals surface area contributed by atoms with Gasteiger partial charge in [0, 0.05) is 50.0 Å². The number of hydrogen-bond acceptors (Lipinski definition) is 22. The second-order valence-corrected chi connectivity index (χ2v) is 45.2. The van der Waals surface area contributed by atoms with Gasteiger partial charge in [-0.25, -0.2) is 39.2 Å². The number of aliphatic carboxylic acids is 2. The zero-order chi connectivity index (χ0) is 81.3. The molecule has 3 aliphatic rings. The molecule has 0 bridgehead atoms. The van der Waals surface area contributed by atoms with E-state index in [4.69, 9.17) is 15.9 Å². The van der Waals surface area contributed by atoms with Gasteiger partial charge in [-0.3, -0.25) is 29.2 Å². The number of carboxylic acid groups (broad SMARTS) is 2. The molecule has 5 atom stereocenters. The molecule has 34 heteroatoms. The number of carboxylic acids is 2. The number of rotatable bonds is 22. The first kappa shape index (κ1) is 104. The number of Topliss-reactive ketones (excluding diaryl/α,β-unsaturated/α-hetero) is 2. The van der Waals surface area contributed by atoms with Gasteiger partial charge in [-0.1, -0.05) is 96.5 Å². The predicted molar refractivity (Wildman–Crippen MR) is 440 cm³/mol. The van der Waals surface area contributed by atoms with Crippen molar-refractivity contribution in [3.8, 4) is 0 Å². The molecule has 0 radical (unpaired) electrons. The number of aryl methyl sites for hydroxylation is 4. The second kappa shape index (κ2) is 46.6. The predicted octanol–water partition coefficient (Wildman–Crippen LogP) is 9.17. The number of thiol groups is 1. The summed E-state index contributed by atoms with van der Waals surface area (Å²) in [6, 6.07) is 22.2. The first-order valence-corrected chi connectivity index (χ1v) is 46.1. The molecule has 1 amide bonds. The van der Waals surface area contributed by atoms with Crippen LogP contribution in [0.4, 0.5) is 0 Å². The Labute approximate surface area is 694 Å². The fourth-order valence-electron chi connectivity index (χ4n) is 12.0. The van der Waals surface area contributed by atoms with Crippen molar-refractivity contribution < 1.29 is 113 Å². The van der Waals surface area contributed by atoms with E-state index in [1.165, 1.54) is 38.5 Å². The molecule has 0 unspecified atom stereocenters. The molecule has 0 spiro atoms. The summed E-state index contributed by atoms with van der Waals surface area (Å²) >= 11 is 10.3. The summed E-state index contributed by atoms with van der Waals surface area (Å²) in [5.41, 5.74) is 10.8. The van der Waals surface area contributed by atoms with E-state index in [0.717, 1.165) is 109 Å². The van der Waals surface area contributed by atoms with E-state index in [-0.39, 0.29) is 85.9 Å². The van der Waals surface area contributed by atoms with Crippen LogP contribution in [0.1, 0.15) is 182 Å². The van der Waals surface area contributed by atoms with Crippen LogP contribution in [0.3, 0.4) is 0 Å². The number of hydrogen-bond donors (Lipinski definition) is 8. The number of ketones is 2. The average molecular weight is 1700 g/mol. The molecule has 24 nitrogen and oxygen atoms in total. The fourth-order valence-corrected chi connectivity index (χ4v) is 24.2. The maximum absolute atomic E-state index is 13.2. The summed E-state index contributed by atoms with van der Waals surface area (Å²) < 4.78 is 108. The molecule has 4 aromatic carbocycles. The van der Waals surface area contributed by atoms with Crippen molar-refractivity contribution in [1.29, 1.82) is 0 Å². The molecule has 0 aromatic heterocycles. The molecule has 3 aliphatic heterocycles. The molecule has 109 heavy (non-hydrogen) atoms. The summed E-state index contributed by atoms with van der Waals surface area (Å²) in [4.78, 5) is 59.8. The number of hydroxylamine groups is 1. The third-order valence-electron chi connectivity index (χ3n) is 18.2. The van der Waals surface area contributed by atoms with Crippen LogP contribution in [0.15, 0.2) is 117 Å². The summed E-state index contributed by atoms with van der Waals surface area (Å²) in [6.45, 7) is 29.9. The molecular weight excluding hydrogens is 1580 g/mol. The number of benzene rings is 4. The van der Waals surface area contributed by atoms with E-state index in [0.29, 0.717) is 19.4 Å². The van der Waals surface area contributed by atoms with Gasteiger partial charge in [-0.15, -0.1) is 0 Å². The number of unbranched alkanes of at least 4 members (excludes halogenated alkanes) is 2. The van der Waals surface area contributed by atoms with Gasteiger partial charge in [0.15, 0.2) is 0 Å². The molecule has 9 N–H and O–H groups in total. The summed E-state index contributed by atoms with van der Waals surface area (Å²) in [5.74, 6) is 0.345. The zero-order valence-electron chi connectivity index (χ0n) is 66.4. The van der Waals surface area contributed by atoms with E-state index in [9.17, 15) is 68.0 Å². The number of thioether (sulfide) groups is 4. The van der Waals surface area contributed by atoms with E-state index < -0.39 is 112 Å². The Balaban J connectivity index is 0.000000695. The Bertz CT molecular complexity index is 3860. The van der Waals surface area contributed by atoms with Gasteiger partial charge in [0.2, 0.25) is 40.1 Å². The molecule has 0 aliphatic carbocycles. The zero-order valence-corrected chi connectivity index (χ0v) is 75.9. The van der Waals surface area contributed by atoms with E-state index in [2.05, 4.69) is 17.4 Å². The first-order chi connectivity index (χ1) is 49.5. The van der Waals surface area contributed by atoms with E-state index in [1.54, 1.807) is 152 Å². The number of nitrogens with two attached hydrogens (primary N) is 1. The fraction of sp³-hybridized carbons (Fsp3) is 0.613. The minimum absolute atomic E-state index is 0. The molecule has 3 heterocycles. The van der Waals surface area contributed by atoms with Crippen LogP contribution in [0.2, 0.25) is 0 Å². The van der Waals surface area contributed by atoms with Gasteiger partial charge in [-0.2, -0.15) is 77.3 Å². The van der Waals surface area contributed by atoms with Crippen molar-refractivity contribution in [2.75, 3.05) is 49.3 Å². The number of nitrogens with zero attached hydrogens (tertiary/aromatic N) is 3. The molecule has 3 fully saturated rings. The Morgan fingerprint density at radius 2 is 0.862 bits per heavy atom. The van der Waals surface area contributed by atoms with Crippen molar-refractivity contribution in [3.63, 3.8) is 0 Å². The monoisotopic (exact) mass is 1700 g/mol. The molecule has 3 saturated heterocycles. The van der Waals surface area contributed by atoms with Crippen molar-refractivity contribution in [2.24, 2.45) is 5.73 Å². The molecule has 612 valence electrons. The first-order valence-electron chi connectivity index (χ1n) is 35.9. The van der Waals surface area contributed by atoms with Crippen molar-refractivity contribution in [1.82, 2.24) is 23.1 Å². The minimum Gasteiger partial charge on any atom is -0.870 e. The van der Waals surface area contributed by atoms with E-state index in [1.807, 2.05) is 83.1 Å². The summed E-state index contributed by atoms with van der Waals surface area (Å²) in [6.07, 6.45) is 10.5. The number of carbonyl (C=O) groups excluding carboxylic acids is 3. The van der Waals surface area contributed by atoms with Crippen LogP contribution in [0.5, 0.6) is 0 Å². The molecular formula is C75H119N6NaO18S9. The standard InChI is InChI=1S/C18H29NO4S2.C18H27NO3S2.C17H26N2O4S2.C17H25NO4S2.C5H11NO2S.Na.H2O/c1-14-8-10-16(11-9-14)25(22,23)19-17(15(2)21)18(3,4)24-13-7-5-6-12-20;1-14-8-10-16(11-9-14)24(21,22)19-12-6-5-7-13-23-18(3,4)17(19)15(2)20;1-13-7-9-14(10-8-13)25(22,23)19-11-5-4-6-12-24-17(2,3)15(19)16(20)18-21;1-13-7-9-14(10-8-13)24(21,22)18-11-5-4-6-12-23-17(2,3)15(18)16(19)20;1-5(2,9)3(6)4(7)8;;/h8-11,17,19-20H,5-7,12-13H2,1-4H3;8-11,17H,5-7,12-13H2,1-4H3;7-10,15,21H,4-6,11-12H2,1-3H3,(H,18,20);7-10,15H,4-6,11-12H2,1-3H3,(H,19,20);3,9H,6H2,1-2H3,(H,7,8);;1H2/q;;;;;+1;/p-1/t2*17-;2*15-;3-;;/m00000../s1. The third-order valence-corrected chi connectivity index (χ3v) is 31.4. The smallest absolute Gasteiger partial charge is 0.870 e. The SMILES string of the molecule is CC(=O)[C@@H]1N(S(=O)(=O)c2ccc(C)cc2)CCCCCSC1(C)C.CC(=O)[C@H](NS(=O)(=O)c1ccc(C)cc1)C(C)(C)SCCCCCO.CC(C)(S)[C@@H](N)C(=O)O.Cc1ccc(S(=O)(=O)N2CCCCCSC(C)(C)[C@@H]2C(=O)NO)cc1.Cc1ccc(S(=O)(=O)N2CCCCCSC(C)(C)[C@@H]2C(=O)O)cc1.[Na+].[OH-]. The van der Waals surface area contributed by atoms with Crippen molar-refractivity contribution in [2.45, 2.75) is 261 Å². The second-order valence-electron chi connectivity index (χ2n) is 29.6. The number of nitrogens with one attached hydrogen (secondary N) is 2. The average Bonchev–Trinajstić information content (AvgIpc) is 1.55. The van der Waals surface area contributed by atoms with Crippen LogP contribution in [-0.2, 0) is 64.1 Å². The molecule has 4 aromatic rings. The Kier molecular flexibility index (Phi) is 44.4. The van der Waals surface area contributed by atoms with Gasteiger partial charge in [0.05, 0.1) is 31.7 Å². The van der Waals surface area contributed by atoms with Crippen molar-refractivity contribution in [3.05, 3.63) is 119 Å². The van der Waals surface area contributed by atoms with Crippen LogP contribution in [0, 0.1) is 27.7 Å². The van der Waals surface area contributed by atoms with Gasteiger partial charge >= 0.3 is 41.5 Å². The Hall–Kier alpha value is -3.14. The third kappa shape index (κ3) is 32.1. The largest absolute Gasteiger partial charge is 1.00 e. The maximum Gasteiger partial charge on any atom is 1.00 e. The number of carbonyl (C=O) groups is 5. The number of aliphatic hydroxyl groups is 1. The van der Waals surface area contributed by atoms with Crippen LogP contribution < -0.4 is 45.5 Å². The van der Waals surface area contributed by atoms with Crippen LogP contribution in [0.25, 0.3) is 0 Å². The quantitative estimate of drug-likeness (QED) is 0.0119. The molecule has 0 saturated carbocycles. The van der Waals surface area contributed by atoms with Gasteiger partial charge in [0.25, 0.3) is 5.91 Å². The topological polar surface area (TPSA) is 393 Å². The van der Waals surface area contributed by atoms with Gasteiger partial charge in [0.1, 0.15) is 29.7 Å². The minimum atomic E-state index is -3.86. The van der Waals surface area contributed by atoms with Crippen LogP contribution in [-0.4, -0.2) is 205 Å². The van der Waals surface area contributed by atoms with E-state index >= 15 is 0 Å². The summed E-state index contributed by atoms with van der Waals surface area (Å²) in [5, 5.41) is 36.2. The number of aliphatic hydroxyl groups excluding tert-OH is 1. The normalized spacial score (nSPS) is 19.7. The maximum atomic E-state index is 13.2. The van der Waals surface area contributed by atoms with Crippen LogP contribution >= 0.6 is 59.7 Å². The number of sulfonamides is 4. The Morgan fingerprint density at radius 3 is 1.16 bits per heavy atom. The van der Waals surface area contributed by atoms with Gasteiger partial charge in [-0.05, 0) is 234 Å².